The average molecular weight is 522 g/mol. The van der Waals surface area contributed by atoms with Crippen molar-refractivity contribution in [1.82, 2.24) is 15.5 Å². The maximum atomic E-state index is 13.7. The molecule has 2 rings (SSSR count). The molecule has 0 heterocycles. The van der Waals surface area contributed by atoms with Crippen LogP contribution in [0.25, 0.3) is 0 Å². The standard InChI is InChI=1S/C26H39N3O6S/c1-7-34-21(30)12-13-27-23(31)22(18-9-8-16(2)17(3)14-18)29(19-10-11-19)24(32)20(15-36)28-25(33)35-26(4,5)6/h8-9,14,19-20,22,36H,7,10-13,15H2,1-6H3,(H,27,31)(H,28,33). The maximum absolute atomic E-state index is 13.7. The first-order chi connectivity index (χ1) is 16.9. The maximum Gasteiger partial charge on any atom is 0.408 e. The van der Waals surface area contributed by atoms with Crippen molar-refractivity contribution in [2.45, 2.75) is 84.5 Å². The molecule has 2 atom stereocenters. The van der Waals surface area contributed by atoms with E-state index in [1.165, 1.54) is 0 Å². The molecule has 200 valence electrons. The van der Waals surface area contributed by atoms with Gasteiger partial charge < -0.3 is 25.0 Å². The predicted molar refractivity (Wildman–Crippen MR) is 140 cm³/mol. The first kappa shape index (κ1) is 29.5. The summed E-state index contributed by atoms with van der Waals surface area (Å²) in [5.41, 5.74) is 1.97. The largest absolute Gasteiger partial charge is 0.466 e. The summed E-state index contributed by atoms with van der Waals surface area (Å²) in [6, 6.07) is 3.57. The lowest BCUT2D eigenvalue weighted by molar-refractivity contribution is -0.144. The Morgan fingerprint density at radius 1 is 1.14 bits per heavy atom. The van der Waals surface area contributed by atoms with Gasteiger partial charge in [0.2, 0.25) is 11.8 Å². The van der Waals surface area contributed by atoms with E-state index in [2.05, 4.69) is 23.3 Å². The Bertz CT molecular complexity index is 957. The number of carbonyl (C=O) groups excluding carboxylic acids is 4. The Morgan fingerprint density at radius 2 is 1.81 bits per heavy atom. The molecular formula is C26H39N3O6S. The molecule has 9 nitrogen and oxygen atoms in total. The van der Waals surface area contributed by atoms with Gasteiger partial charge in [0.15, 0.2) is 0 Å². The fourth-order valence-electron chi connectivity index (χ4n) is 3.68. The zero-order valence-corrected chi connectivity index (χ0v) is 22.9. The highest BCUT2D eigenvalue weighted by molar-refractivity contribution is 7.80. The molecule has 1 fully saturated rings. The number of ether oxygens (including phenoxy) is 2. The highest BCUT2D eigenvalue weighted by Gasteiger charge is 2.43. The molecule has 0 saturated heterocycles. The first-order valence-corrected chi connectivity index (χ1v) is 12.9. The average Bonchev–Trinajstić information content (AvgIpc) is 3.61. The van der Waals surface area contributed by atoms with E-state index in [1.807, 2.05) is 32.0 Å². The first-order valence-electron chi connectivity index (χ1n) is 12.3. The van der Waals surface area contributed by atoms with Crippen molar-refractivity contribution in [3.8, 4) is 0 Å². The number of alkyl carbamates (subject to hydrolysis) is 1. The van der Waals surface area contributed by atoms with Crippen molar-refractivity contribution in [3.05, 3.63) is 34.9 Å². The number of hydrogen-bond donors (Lipinski definition) is 3. The molecule has 1 aromatic carbocycles. The van der Waals surface area contributed by atoms with E-state index in [-0.39, 0.29) is 31.4 Å². The van der Waals surface area contributed by atoms with Gasteiger partial charge in [-0.15, -0.1) is 0 Å². The number of esters is 1. The van der Waals surface area contributed by atoms with Crippen molar-refractivity contribution >= 4 is 36.5 Å². The highest BCUT2D eigenvalue weighted by atomic mass is 32.1. The van der Waals surface area contributed by atoms with Crippen LogP contribution in [0.4, 0.5) is 4.79 Å². The minimum Gasteiger partial charge on any atom is -0.466 e. The highest BCUT2D eigenvalue weighted by Crippen LogP contribution is 2.36. The second-order valence-electron chi connectivity index (χ2n) is 9.95. The summed E-state index contributed by atoms with van der Waals surface area (Å²) in [5.74, 6) is -1.20. The summed E-state index contributed by atoms with van der Waals surface area (Å²) in [6.07, 6.45) is 0.784. The molecule has 2 N–H and O–H groups in total. The van der Waals surface area contributed by atoms with Gasteiger partial charge in [0.05, 0.1) is 13.0 Å². The summed E-state index contributed by atoms with van der Waals surface area (Å²) in [4.78, 5) is 52.9. The predicted octanol–water partition coefficient (Wildman–Crippen LogP) is 3.23. The Morgan fingerprint density at radius 3 is 2.33 bits per heavy atom. The Hall–Kier alpha value is -2.75. The van der Waals surface area contributed by atoms with Gasteiger partial charge in [-0.3, -0.25) is 14.4 Å². The second kappa shape index (κ2) is 13.0. The number of hydrogen-bond acceptors (Lipinski definition) is 7. The lowest BCUT2D eigenvalue weighted by Crippen LogP contribution is -2.54. The number of benzene rings is 1. The number of rotatable bonds is 11. The number of nitrogens with zero attached hydrogens (tertiary/aromatic N) is 1. The molecule has 0 bridgehead atoms. The SMILES string of the molecule is CCOC(=O)CCNC(=O)C(c1ccc(C)c(C)c1)N(C(=O)C(CS)NC(=O)OC(C)(C)C)C1CC1. The van der Waals surface area contributed by atoms with Gasteiger partial charge in [0, 0.05) is 18.3 Å². The van der Waals surface area contributed by atoms with Crippen LogP contribution in [0.1, 0.15) is 69.7 Å². The van der Waals surface area contributed by atoms with Gasteiger partial charge in [-0.1, -0.05) is 18.2 Å². The zero-order valence-electron chi connectivity index (χ0n) is 22.1. The van der Waals surface area contributed by atoms with Gasteiger partial charge in [0.25, 0.3) is 0 Å². The lowest BCUT2D eigenvalue weighted by Gasteiger charge is -2.34. The van der Waals surface area contributed by atoms with E-state index in [1.54, 1.807) is 32.6 Å². The van der Waals surface area contributed by atoms with Crippen LogP contribution in [0.15, 0.2) is 18.2 Å². The molecule has 0 aliphatic heterocycles. The molecule has 0 aromatic heterocycles. The monoisotopic (exact) mass is 521 g/mol. The smallest absolute Gasteiger partial charge is 0.408 e. The second-order valence-corrected chi connectivity index (χ2v) is 10.3. The van der Waals surface area contributed by atoms with Gasteiger partial charge in [-0.05, 0) is 71.1 Å². The third-order valence-electron chi connectivity index (χ3n) is 5.67. The number of thiol groups is 1. The van der Waals surface area contributed by atoms with E-state index >= 15 is 0 Å². The van der Waals surface area contributed by atoms with Crippen LogP contribution in [-0.2, 0) is 23.9 Å². The number of carbonyl (C=O) groups is 4. The molecule has 10 heteroatoms. The van der Waals surface area contributed by atoms with E-state index < -0.39 is 41.6 Å². The van der Waals surface area contributed by atoms with E-state index in [0.717, 1.165) is 24.0 Å². The molecule has 3 amide bonds. The topological polar surface area (TPSA) is 114 Å². The molecule has 1 aromatic rings. The van der Waals surface area contributed by atoms with Gasteiger partial charge >= 0.3 is 12.1 Å². The van der Waals surface area contributed by atoms with Crippen LogP contribution in [0.3, 0.4) is 0 Å². The number of amides is 3. The van der Waals surface area contributed by atoms with E-state index in [0.29, 0.717) is 5.56 Å². The van der Waals surface area contributed by atoms with E-state index in [4.69, 9.17) is 9.47 Å². The van der Waals surface area contributed by atoms with Crippen LogP contribution in [0.5, 0.6) is 0 Å². The number of nitrogens with one attached hydrogen (secondary N) is 2. The van der Waals surface area contributed by atoms with Gasteiger partial charge in [-0.2, -0.15) is 12.6 Å². The van der Waals surface area contributed by atoms with Crippen LogP contribution >= 0.6 is 12.6 Å². The Balaban J connectivity index is 2.34. The normalized spacial score (nSPS) is 14.9. The summed E-state index contributed by atoms with van der Waals surface area (Å²) in [5, 5.41) is 5.39. The summed E-state index contributed by atoms with van der Waals surface area (Å²) >= 11 is 4.29. The fraction of sp³-hybridized carbons (Fsp3) is 0.615. The minimum atomic E-state index is -0.981. The van der Waals surface area contributed by atoms with Gasteiger partial charge in [0.1, 0.15) is 17.7 Å². The van der Waals surface area contributed by atoms with Crippen LogP contribution in [0, 0.1) is 13.8 Å². The molecular weight excluding hydrogens is 482 g/mol. The van der Waals surface area contributed by atoms with Crippen molar-refractivity contribution in [1.29, 1.82) is 0 Å². The molecule has 0 spiro atoms. The molecule has 1 saturated carbocycles. The molecule has 0 radical (unpaired) electrons. The third-order valence-corrected chi connectivity index (χ3v) is 6.04. The van der Waals surface area contributed by atoms with Gasteiger partial charge in [-0.25, -0.2) is 4.79 Å². The van der Waals surface area contributed by atoms with Crippen molar-refractivity contribution in [2.24, 2.45) is 0 Å². The van der Waals surface area contributed by atoms with E-state index in [9.17, 15) is 19.2 Å². The van der Waals surface area contributed by atoms with Crippen LogP contribution < -0.4 is 10.6 Å². The summed E-state index contributed by atoms with van der Waals surface area (Å²) < 4.78 is 10.2. The molecule has 36 heavy (non-hydrogen) atoms. The van der Waals surface area contributed by atoms with Crippen molar-refractivity contribution in [2.75, 3.05) is 18.9 Å². The summed E-state index contributed by atoms with van der Waals surface area (Å²) in [7, 11) is 0. The minimum absolute atomic E-state index is 0.0239. The quantitative estimate of drug-likeness (QED) is 0.304. The Kier molecular flexibility index (Phi) is 10.6. The lowest BCUT2D eigenvalue weighted by atomic mass is 9.98. The molecule has 2 unspecified atom stereocenters. The van der Waals surface area contributed by atoms with Crippen molar-refractivity contribution < 1.29 is 28.7 Å². The molecule has 1 aliphatic rings. The van der Waals surface area contributed by atoms with Crippen LogP contribution in [-0.4, -0.2) is 65.4 Å². The molecule has 1 aliphatic carbocycles. The number of aryl methyl sites for hydroxylation is 2. The fourth-order valence-corrected chi connectivity index (χ4v) is 3.92. The van der Waals surface area contributed by atoms with Crippen molar-refractivity contribution in [3.63, 3.8) is 0 Å². The summed E-state index contributed by atoms with van der Waals surface area (Å²) in [6.45, 7) is 11.2. The zero-order chi connectivity index (χ0) is 27.0. The van der Waals surface area contributed by atoms with Crippen LogP contribution in [0.2, 0.25) is 0 Å². The Labute approximate surface area is 219 Å². The third kappa shape index (κ3) is 8.72.